The van der Waals surface area contributed by atoms with Gasteiger partial charge in [0.25, 0.3) is 0 Å². The third-order valence-corrected chi connectivity index (χ3v) is 5.49. The minimum atomic E-state index is 0.554. The van der Waals surface area contributed by atoms with Gasteiger partial charge in [-0.15, -0.1) is 11.3 Å². The summed E-state index contributed by atoms with van der Waals surface area (Å²) >= 11 is 7.35. The molecule has 0 spiro atoms. The smallest absolute Gasteiger partial charge is 0.227 e. The van der Waals surface area contributed by atoms with Crippen molar-refractivity contribution in [2.75, 3.05) is 5.32 Å². The molecular formula is C21H14ClN3OS. The number of hydrogen-bond donors (Lipinski definition) is 1. The number of aromatic nitrogens is 2. The molecule has 0 saturated carbocycles. The molecule has 2 heterocycles. The van der Waals surface area contributed by atoms with Crippen molar-refractivity contribution >= 4 is 50.5 Å². The minimum absolute atomic E-state index is 0.554. The Morgan fingerprint density at radius 2 is 1.89 bits per heavy atom. The number of oxazole rings is 1. The van der Waals surface area contributed by atoms with Crippen LogP contribution < -0.4 is 5.32 Å². The number of benzene rings is 3. The van der Waals surface area contributed by atoms with Crippen LogP contribution in [0.15, 0.2) is 71.3 Å². The van der Waals surface area contributed by atoms with Gasteiger partial charge in [-0.3, -0.25) is 0 Å². The van der Waals surface area contributed by atoms with E-state index >= 15 is 0 Å². The van der Waals surface area contributed by atoms with Crippen molar-refractivity contribution in [3.05, 3.63) is 76.2 Å². The number of hydrogen-bond acceptors (Lipinski definition) is 5. The highest BCUT2D eigenvalue weighted by atomic mass is 35.5. The average molecular weight is 392 g/mol. The topological polar surface area (TPSA) is 51.0 Å². The Labute approximate surface area is 164 Å². The maximum Gasteiger partial charge on any atom is 0.227 e. The van der Waals surface area contributed by atoms with Crippen LogP contribution >= 0.6 is 22.9 Å². The molecule has 0 aliphatic heterocycles. The second-order valence-electron chi connectivity index (χ2n) is 6.20. The lowest BCUT2D eigenvalue weighted by molar-refractivity contribution is 0.620. The fourth-order valence-electron chi connectivity index (χ4n) is 3.04. The van der Waals surface area contributed by atoms with Crippen molar-refractivity contribution in [1.82, 2.24) is 9.97 Å². The van der Waals surface area contributed by atoms with Gasteiger partial charge in [0.1, 0.15) is 5.52 Å². The number of fused-ring (bicyclic) bond motifs is 2. The molecule has 0 atom stereocenters. The summed E-state index contributed by atoms with van der Waals surface area (Å²) in [6.45, 7) is 0.672. The van der Waals surface area contributed by atoms with E-state index in [0.717, 1.165) is 27.2 Å². The molecule has 0 saturated heterocycles. The molecule has 3 aromatic carbocycles. The Hall–Kier alpha value is -2.89. The Morgan fingerprint density at radius 1 is 1.00 bits per heavy atom. The molecule has 0 unspecified atom stereocenters. The van der Waals surface area contributed by atoms with E-state index in [9.17, 15) is 0 Å². The molecule has 0 amide bonds. The Morgan fingerprint density at radius 3 is 2.74 bits per heavy atom. The summed E-state index contributed by atoms with van der Waals surface area (Å²) in [6.07, 6.45) is 1.78. The molecule has 2 aromatic heterocycles. The minimum Gasteiger partial charge on any atom is -0.436 e. The number of rotatable bonds is 4. The summed E-state index contributed by atoms with van der Waals surface area (Å²) in [5, 5.41) is 5.74. The van der Waals surface area contributed by atoms with Crippen LogP contribution in [0.4, 0.5) is 5.69 Å². The van der Waals surface area contributed by atoms with Gasteiger partial charge in [-0.05, 0) is 41.1 Å². The van der Waals surface area contributed by atoms with E-state index < -0.39 is 0 Å². The molecule has 6 heteroatoms. The third kappa shape index (κ3) is 3.27. The highest BCUT2D eigenvalue weighted by Crippen LogP contribution is 2.29. The molecule has 1 N–H and O–H groups in total. The highest BCUT2D eigenvalue weighted by molar-refractivity contribution is 7.15. The SMILES string of the molecule is Clc1ncc(CNc2ccc3oc(-c4ccc5ccccc5c4)nc3c2)s1. The van der Waals surface area contributed by atoms with E-state index in [4.69, 9.17) is 16.0 Å². The molecule has 132 valence electrons. The number of thiazole rings is 1. The van der Waals surface area contributed by atoms with Gasteiger partial charge < -0.3 is 9.73 Å². The van der Waals surface area contributed by atoms with Gasteiger partial charge in [-0.25, -0.2) is 9.97 Å². The molecule has 5 rings (SSSR count). The number of nitrogens with one attached hydrogen (secondary N) is 1. The maximum atomic E-state index is 5.96. The van der Waals surface area contributed by atoms with Gasteiger partial charge >= 0.3 is 0 Å². The van der Waals surface area contributed by atoms with Gasteiger partial charge in [0.05, 0.1) is 6.54 Å². The fourth-order valence-corrected chi connectivity index (χ4v) is 3.96. The van der Waals surface area contributed by atoms with E-state index in [1.165, 1.54) is 22.1 Å². The predicted molar refractivity (Wildman–Crippen MR) is 111 cm³/mol. The Balaban J connectivity index is 1.44. The van der Waals surface area contributed by atoms with E-state index in [0.29, 0.717) is 16.9 Å². The molecule has 0 aliphatic rings. The molecule has 0 aliphatic carbocycles. The van der Waals surface area contributed by atoms with Crippen molar-refractivity contribution in [3.63, 3.8) is 0 Å². The van der Waals surface area contributed by atoms with Gasteiger partial charge in [0.2, 0.25) is 5.89 Å². The highest BCUT2D eigenvalue weighted by Gasteiger charge is 2.10. The van der Waals surface area contributed by atoms with Crippen LogP contribution in [0.2, 0.25) is 4.47 Å². The first kappa shape index (κ1) is 16.3. The molecule has 0 fully saturated rings. The number of halogens is 1. The summed E-state index contributed by atoms with van der Waals surface area (Å²) in [4.78, 5) is 9.81. The molecule has 5 aromatic rings. The molecule has 0 radical (unpaired) electrons. The fraction of sp³-hybridized carbons (Fsp3) is 0.0476. The normalized spacial score (nSPS) is 11.3. The van der Waals surface area contributed by atoms with Crippen LogP contribution in [0.5, 0.6) is 0 Å². The zero-order valence-electron chi connectivity index (χ0n) is 14.1. The van der Waals surface area contributed by atoms with Crippen LogP contribution in [-0.2, 0) is 6.54 Å². The monoisotopic (exact) mass is 391 g/mol. The number of nitrogens with zero attached hydrogens (tertiary/aromatic N) is 2. The first-order valence-electron chi connectivity index (χ1n) is 8.48. The lowest BCUT2D eigenvalue weighted by atomic mass is 10.1. The molecular weight excluding hydrogens is 378 g/mol. The van der Waals surface area contributed by atoms with E-state index in [-0.39, 0.29) is 0 Å². The quantitative estimate of drug-likeness (QED) is 0.386. The average Bonchev–Trinajstić information content (AvgIpc) is 3.31. The van der Waals surface area contributed by atoms with E-state index in [1.54, 1.807) is 6.20 Å². The van der Waals surface area contributed by atoms with Crippen molar-refractivity contribution < 1.29 is 4.42 Å². The maximum absolute atomic E-state index is 5.96. The predicted octanol–water partition coefficient (Wildman–Crippen LogP) is 6.37. The summed E-state index contributed by atoms with van der Waals surface area (Å²) < 4.78 is 6.51. The lowest BCUT2D eigenvalue weighted by Crippen LogP contribution is -1.96. The van der Waals surface area contributed by atoms with Crippen molar-refractivity contribution in [1.29, 1.82) is 0 Å². The summed E-state index contributed by atoms with van der Waals surface area (Å²) in [5.74, 6) is 0.627. The van der Waals surface area contributed by atoms with Crippen molar-refractivity contribution in [2.45, 2.75) is 6.54 Å². The van der Waals surface area contributed by atoms with Gasteiger partial charge in [0.15, 0.2) is 10.0 Å². The third-order valence-electron chi connectivity index (χ3n) is 4.38. The largest absolute Gasteiger partial charge is 0.436 e. The Bertz CT molecular complexity index is 1260. The van der Waals surface area contributed by atoms with Crippen LogP contribution in [0, 0.1) is 0 Å². The first-order valence-corrected chi connectivity index (χ1v) is 9.68. The second-order valence-corrected chi connectivity index (χ2v) is 7.89. The van der Waals surface area contributed by atoms with Crippen molar-refractivity contribution in [2.24, 2.45) is 0 Å². The van der Waals surface area contributed by atoms with E-state index in [1.807, 2.05) is 36.4 Å². The lowest BCUT2D eigenvalue weighted by Gasteiger charge is -2.03. The molecule has 4 nitrogen and oxygen atoms in total. The molecule has 27 heavy (non-hydrogen) atoms. The zero-order valence-corrected chi connectivity index (χ0v) is 15.7. The van der Waals surface area contributed by atoms with Crippen LogP contribution in [0.25, 0.3) is 33.3 Å². The van der Waals surface area contributed by atoms with Gasteiger partial charge in [-0.1, -0.05) is 41.9 Å². The zero-order chi connectivity index (χ0) is 18.2. The number of anilines is 1. The summed E-state index contributed by atoms with van der Waals surface area (Å²) in [6, 6.07) is 20.4. The Kier molecular flexibility index (Phi) is 4.03. The van der Waals surface area contributed by atoms with Crippen molar-refractivity contribution in [3.8, 4) is 11.5 Å². The first-order chi connectivity index (χ1) is 13.2. The molecule has 0 bridgehead atoms. The standard InChI is InChI=1S/C21H14ClN3OS/c22-21-24-12-17(27-21)11-23-16-7-8-19-18(10-16)25-20(26-19)15-6-5-13-3-1-2-4-14(13)9-15/h1-10,12,23H,11H2. The summed E-state index contributed by atoms with van der Waals surface area (Å²) in [5.41, 5.74) is 3.54. The van der Waals surface area contributed by atoms with Crippen LogP contribution in [0.3, 0.4) is 0 Å². The van der Waals surface area contributed by atoms with Gasteiger partial charge in [0, 0.05) is 22.3 Å². The van der Waals surface area contributed by atoms with Crippen LogP contribution in [-0.4, -0.2) is 9.97 Å². The summed E-state index contributed by atoms with van der Waals surface area (Å²) in [7, 11) is 0. The second kappa shape index (κ2) is 6.68. The van der Waals surface area contributed by atoms with Gasteiger partial charge in [-0.2, -0.15) is 0 Å². The van der Waals surface area contributed by atoms with E-state index in [2.05, 4.69) is 39.6 Å². The van der Waals surface area contributed by atoms with Crippen LogP contribution in [0.1, 0.15) is 4.88 Å².